The number of nitrogens with one attached hydrogen (secondary N) is 1. The molecule has 1 fully saturated rings. The Labute approximate surface area is 121 Å². The smallest absolute Gasteiger partial charge is 0.226 e. The molecule has 0 spiro atoms. The van der Waals surface area contributed by atoms with E-state index in [2.05, 4.69) is 12.2 Å². The second kappa shape index (κ2) is 7.51. The number of hydrogen-bond acceptors (Lipinski definition) is 2. The minimum absolute atomic E-state index is 0. The Morgan fingerprint density at radius 3 is 2.63 bits per heavy atom. The summed E-state index contributed by atoms with van der Waals surface area (Å²) in [5, 5.41) is 3.39. The molecule has 0 aromatic heterocycles. The molecule has 1 aromatic rings. The van der Waals surface area contributed by atoms with Gasteiger partial charge >= 0.3 is 0 Å². The molecule has 3 nitrogen and oxygen atoms in total. The number of piperidine rings is 1. The standard InChI is InChI=1S/C15H22N2O.ClH/c1-3-15(18)17(13-7-5-4-6-8-13)14-9-10-16-11-12(14)2;/h4-8,12,14,16H,3,9-11H2,1-2H3;1H. The van der Waals surface area contributed by atoms with Gasteiger partial charge in [-0.15, -0.1) is 12.4 Å². The highest BCUT2D eigenvalue weighted by Gasteiger charge is 2.30. The number of hydrogen-bond donors (Lipinski definition) is 1. The second-order valence-corrected chi connectivity index (χ2v) is 4.99. The summed E-state index contributed by atoms with van der Waals surface area (Å²) in [6, 6.07) is 10.4. The van der Waals surface area contributed by atoms with Crippen molar-refractivity contribution in [2.75, 3.05) is 18.0 Å². The predicted octanol–water partition coefficient (Wildman–Crippen LogP) is 2.85. The lowest BCUT2D eigenvalue weighted by Crippen LogP contribution is -2.51. The highest BCUT2D eigenvalue weighted by atomic mass is 35.5. The van der Waals surface area contributed by atoms with Crippen LogP contribution in [-0.2, 0) is 4.79 Å². The van der Waals surface area contributed by atoms with E-state index < -0.39 is 0 Å². The number of carbonyl (C=O) groups is 1. The zero-order valence-electron chi connectivity index (χ0n) is 11.6. The third-order valence-corrected chi connectivity index (χ3v) is 3.68. The van der Waals surface area contributed by atoms with Gasteiger partial charge < -0.3 is 10.2 Å². The fourth-order valence-corrected chi connectivity index (χ4v) is 2.66. The van der Waals surface area contributed by atoms with Gasteiger partial charge in [-0.2, -0.15) is 0 Å². The van der Waals surface area contributed by atoms with Crippen LogP contribution >= 0.6 is 12.4 Å². The van der Waals surface area contributed by atoms with Crippen molar-refractivity contribution in [1.29, 1.82) is 0 Å². The lowest BCUT2D eigenvalue weighted by Gasteiger charge is -2.39. The zero-order chi connectivity index (χ0) is 13.0. The minimum atomic E-state index is 0. The van der Waals surface area contributed by atoms with Crippen LogP contribution in [0.15, 0.2) is 30.3 Å². The van der Waals surface area contributed by atoms with Gasteiger partial charge in [0.2, 0.25) is 5.91 Å². The quantitative estimate of drug-likeness (QED) is 0.925. The summed E-state index contributed by atoms with van der Waals surface area (Å²) in [4.78, 5) is 14.3. The molecule has 4 heteroatoms. The summed E-state index contributed by atoms with van der Waals surface area (Å²) in [6.45, 7) is 6.14. The van der Waals surface area contributed by atoms with Gasteiger partial charge in [0.1, 0.15) is 0 Å². The van der Waals surface area contributed by atoms with Crippen LogP contribution in [0.1, 0.15) is 26.7 Å². The van der Waals surface area contributed by atoms with E-state index in [1.54, 1.807) is 0 Å². The number of benzene rings is 1. The summed E-state index contributed by atoms with van der Waals surface area (Å²) in [6.07, 6.45) is 1.59. The van der Waals surface area contributed by atoms with E-state index in [0.29, 0.717) is 18.4 Å². The maximum absolute atomic E-state index is 12.3. The fraction of sp³-hybridized carbons (Fsp3) is 0.533. The average Bonchev–Trinajstić information content (AvgIpc) is 2.42. The molecule has 1 saturated heterocycles. The van der Waals surface area contributed by atoms with Gasteiger partial charge in [0.25, 0.3) is 0 Å². The van der Waals surface area contributed by atoms with Crippen LogP contribution in [0.25, 0.3) is 0 Å². The first-order valence-electron chi connectivity index (χ1n) is 6.82. The Morgan fingerprint density at radius 2 is 2.05 bits per heavy atom. The summed E-state index contributed by atoms with van der Waals surface area (Å²) in [7, 11) is 0. The molecule has 1 N–H and O–H groups in total. The maximum atomic E-state index is 12.3. The molecule has 2 unspecified atom stereocenters. The van der Waals surface area contributed by atoms with Gasteiger partial charge in [0.15, 0.2) is 0 Å². The third kappa shape index (κ3) is 3.71. The van der Waals surface area contributed by atoms with Crippen molar-refractivity contribution < 1.29 is 4.79 Å². The minimum Gasteiger partial charge on any atom is -0.316 e. The lowest BCUT2D eigenvalue weighted by molar-refractivity contribution is -0.119. The monoisotopic (exact) mass is 282 g/mol. The topological polar surface area (TPSA) is 32.3 Å². The van der Waals surface area contributed by atoms with Crippen LogP contribution in [-0.4, -0.2) is 25.0 Å². The van der Waals surface area contributed by atoms with E-state index in [9.17, 15) is 4.79 Å². The number of rotatable bonds is 3. The Hall–Kier alpha value is -1.06. The SMILES string of the molecule is CCC(=O)N(c1ccccc1)C1CCNCC1C.Cl. The molecular weight excluding hydrogens is 260 g/mol. The van der Waals surface area contributed by atoms with Gasteiger partial charge in [-0.3, -0.25) is 4.79 Å². The van der Waals surface area contributed by atoms with E-state index in [-0.39, 0.29) is 18.3 Å². The van der Waals surface area contributed by atoms with Gasteiger partial charge in [0, 0.05) is 18.2 Å². The summed E-state index contributed by atoms with van der Waals surface area (Å²) in [5.41, 5.74) is 1.03. The molecule has 1 aliphatic rings. The number of carbonyl (C=O) groups excluding carboxylic acids is 1. The average molecular weight is 283 g/mol. The summed E-state index contributed by atoms with van der Waals surface area (Å²) < 4.78 is 0. The van der Waals surface area contributed by atoms with Gasteiger partial charge in [-0.25, -0.2) is 0 Å². The highest BCUT2D eigenvalue weighted by molar-refractivity contribution is 5.93. The Morgan fingerprint density at radius 1 is 1.37 bits per heavy atom. The van der Waals surface area contributed by atoms with E-state index in [1.807, 2.05) is 42.2 Å². The van der Waals surface area contributed by atoms with Crippen molar-refractivity contribution in [2.45, 2.75) is 32.7 Å². The van der Waals surface area contributed by atoms with Crippen molar-refractivity contribution in [3.8, 4) is 0 Å². The predicted molar refractivity (Wildman–Crippen MR) is 81.9 cm³/mol. The van der Waals surface area contributed by atoms with E-state index >= 15 is 0 Å². The number of nitrogens with zero attached hydrogens (tertiary/aromatic N) is 1. The number of amides is 1. The summed E-state index contributed by atoms with van der Waals surface area (Å²) in [5.74, 6) is 0.717. The van der Waals surface area contributed by atoms with Crippen molar-refractivity contribution in [2.24, 2.45) is 5.92 Å². The molecule has 0 aliphatic carbocycles. The largest absolute Gasteiger partial charge is 0.316 e. The van der Waals surface area contributed by atoms with E-state index in [4.69, 9.17) is 0 Å². The van der Waals surface area contributed by atoms with Crippen LogP contribution in [0.4, 0.5) is 5.69 Å². The van der Waals surface area contributed by atoms with Crippen LogP contribution in [0.5, 0.6) is 0 Å². The molecule has 19 heavy (non-hydrogen) atoms. The molecule has 0 radical (unpaired) electrons. The van der Waals surface area contributed by atoms with Crippen molar-refractivity contribution in [3.05, 3.63) is 30.3 Å². The first-order chi connectivity index (χ1) is 8.74. The number of halogens is 1. The zero-order valence-corrected chi connectivity index (χ0v) is 12.5. The first kappa shape index (κ1) is 16.0. The van der Waals surface area contributed by atoms with Gasteiger partial charge in [-0.1, -0.05) is 32.0 Å². The van der Waals surface area contributed by atoms with E-state index in [0.717, 1.165) is 25.2 Å². The molecule has 0 saturated carbocycles. The fourth-order valence-electron chi connectivity index (χ4n) is 2.66. The van der Waals surface area contributed by atoms with Gasteiger partial charge in [0.05, 0.1) is 0 Å². The van der Waals surface area contributed by atoms with Crippen LogP contribution < -0.4 is 10.2 Å². The molecule has 1 heterocycles. The van der Waals surface area contributed by atoms with E-state index in [1.165, 1.54) is 0 Å². The number of para-hydroxylation sites is 1. The lowest BCUT2D eigenvalue weighted by atomic mass is 9.93. The highest BCUT2D eigenvalue weighted by Crippen LogP contribution is 2.25. The maximum Gasteiger partial charge on any atom is 0.226 e. The molecule has 1 aliphatic heterocycles. The van der Waals surface area contributed by atoms with Crippen LogP contribution in [0, 0.1) is 5.92 Å². The van der Waals surface area contributed by atoms with Crippen molar-refractivity contribution >= 4 is 24.0 Å². The Kier molecular flexibility index (Phi) is 6.32. The third-order valence-electron chi connectivity index (χ3n) is 3.68. The molecule has 2 rings (SSSR count). The molecule has 1 aromatic carbocycles. The first-order valence-corrected chi connectivity index (χ1v) is 6.82. The molecule has 2 atom stereocenters. The summed E-state index contributed by atoms with van der Waals surface area (Å²) >= 11 is 0. The number of anilines is 1. The Balaban J connectivity index is 0.00000180. The Bertz CT molecular complexity index is 396. The van der Waals surface area contributed by atoms with Crippen molar-refractivity contribution in [1.82, 2.24) is 5.32 Å². The molecular formula is C15H23ClN2O. The van der Waals surface area contributed by atoms with Gasteiger partial charge in [-0.05, 0) is 37.6 Å². The molecule has 106 valence electrons. The molecule has 1 amide bonds. The molecule has 0 bridgehead atoms. The van der Waals surface area contributed by atoms with Crippen LogP contribution in [0.2, 0.25) is 0 Å². The van der Waals surface area contributed by atoms with Crippen molar-refractivity contribution in [3.63, 3.8) is 0 Å². The second-order valence-electron chi connectivity index (χ2n) is 4.99. The normalized spacial score (nSPS) is 22.4. The van der Waals surface area contributed by atoms with Crippen LogP contribution in [0.3, 0.4) is 0 Å².